The van der Waals surface area contributed by atoms with Gasteiger partial charge in [-0.1, -0.05) is 17.8 Å². The molecule has 21 heavy (non-hydrogen) atoms. The number of benzene rings is 1. The van der Waals surface area contributed by atoms with Crippen molar-refractivity contribution < 1.29 is 9.53 Å². The van der Waals surface area contributed by atoms with Crippen molar-refractivity contribution in [3.63, 3.8) is 0 Å². The molecule has 0 aliphatic carbocycles. The van der Waals surface area contributed by atoms with Gasteiger partial charge in [-0.3, -0.25) is 4.79 Å². The highest BCUT2D eigenvalue weighted by Gasteiger charge is 2.08. The molecule has 2 aromatic rings. The van der Waals surface area contributed by atoms with Gasteiger partial charge in [-0.05, 0) is 24.3 Å². The molecule has 0 saturated heterocycles. The van der Waals surface area contributed by atoms with Gasteiger partial charge in [-0.2, -0.15) is 5.26 Å². The summed E-state index contributed by atoms with van der Waals surface area (Å²) < 4.78 is 5.09. The summed E-state index contributed by atoms with van der Waals surface area (Å²) in [7, 11) is 1.57. The normalized spacial score (nSPS) is 9.71. The standard InChI is InChI=1S/C15H13N3O2S/c1-20-13-6-2-5-12(8-13)18-14(19)10-21-15-11(9-16)4-3-7-17-15/h2-8H,10H2,1H3,(H,18,19). The van der Waals surface area contributed by atoms with Crippen molar-refractivity contribution in [2.45, 2.75) is 5.03 Å². The van der Waals surface area contributed by atoms with Crippen LogP contribution in [-0.4, -0.2) is 23.8 Å². The zero-order chi connectivity index (χ0) is 15.1. The molecule has 1 N–H and O–H groups in total. The third-order valence-corrected chi connectivity index (χ3v) is 3.59. The first-order valence-corrected chi connectivity index (χ1v) is 7.13. The third-order valence-electron chi connectivity index (χ3n) is 2.59. The van der Waals surface area contributed by atoms with Gasteiger partial charge < -0.3 is 10.1 Å². The van der Waals surface area contributed by atoms with E-state index in [9.17, 15) is 4.79 Å². The Morgan fingerprint density at radius 2 is 2.29 bits per heavy atom. The lowest BCUT2D eigenvalue weighted by Gasteiger charge is -2.07. The molecule has 5 nitrogen and oxygen atoms in total. The average Bonchev–Trinajstić information content (AvgIpc) is 2.53. The van der Waals surface area contributed by atoms with Crippen molar-refractivity contribution in [2.24, 2.45) is 0 Å². The molecule has 0 aliphatic heterocycles. The molecule has 1 aromatic heterocycles. The Kier molecular flexibility index (Phi) is 5.18. The van der Waals surface area contributed by atoms with Gasteiger partial charge >= 0.3 is 0 Å². The van der Waals surface area contributed by atoms with Gasteiger partial charge in [-0.15, -0.1) is 0 Å². The van der Waals surface area contributed by atoms with Crippen LogP contribution in [0.2, 0.25) is 0 Å². The minimum atomic E-state index is -0.164. The Balaban J connectivity index is 1.94. The van der Waals surface area contributed by atoms with Gasteiger partial charge in [0.25, 0.3) is 0 Å². The van der Waals surface area contributed by atoms with Gasteiger partial charge in [0.15, 0.2) is 0 Å². The highest BCUT2D eigenvalue weighted by molar-refractivity contribution is 8.00. The van der Waals surface area contributed by atoms with Crippen LogP contribution < -0.4 is 10.1 Å². The lowest BCUT2D eigenvalue weighted by molar-refractivity contribution is -0.113. The van der Waals surface area contributed by atoms with Crippen molar-refractivity contribution in [3.05, 3.63) is 48.2 Å². The second-order valence-electron chi connectivity index (χ2n) is 4.04. The first kappa shape index (κ1) is 14.9. The lowest BCUT2D eigenvalue weighted by Crippen LogP contribution is -2.14. The Morgan fingerprint density at radius 1 is 1.43 bits per heavy atom. The number of hydrogen-bond donors (Lipinski definition) is 1. The van der Waals surface area contributed by atoms with Crippen molar-refractivity contribution in [1.29, 1.82) is 5.26 Å². The summed E-state index contributed by atoms with van der Waals surface area (Å²) in [5.74, 6) is 0.697. The Labute approximate surface area is 127 Å². The smallest absolute Gasteiger partial charge is 0.234 e. The molecule has 6 heteroatoms. The number of rotatable bonds is 5. The van der Waals surface area contributed by atoms with E-state index in [1.54, 1.807) is 49.7 Å². The van der Waals surface area contributed by atoms with Crippen molar-refractivity contribution in [3.8, 4) is 11.8 Å². The maximum atomic E-state index is 11.9. The topological polar surface area (TPSA) is 75.0 Å². The van der Waals surface area contributed by atoms with E-state index in [0.717, 1.165) is 0 Å². The van der Waals surface area contributed by atoms with Crippen LogP contribution in [-0.2, 0) is 4.79 Å². The Hall–Kier alpha value is -2.52. The van der Waals surface area contributed by atoms with E-state index in [1.807, 2.05) is 0 Å². The van der Waals surface area contributed by atoms with Crippen LogP contribution in [0, 0.1) is 11.3 Å². The van der Waals surface area contributed by atoms with Gasteiger partial charge in [0.05, 0.1) is 18.4 Å². The van der Waals surface area contributed by atoms with Crippen molar-refractivity contribution in [2.75, 3.05) is 18.2 Å². The minimum absolute atomic E-state index is 0.164. The molecule has 1 aromatic carbocycles. The fraction of sp³-hybridized carbons (Fsp3) is 0.133. The first-order chi connectivity index (χ1) is 10.2. The van der Waals surface area contributed by atoms with Crippen LogP contribution in [0.25, 0.3) is 0 Å². The highest BCUT2D eigenvalue weighted by atomic mass is 32.2. The molecule has 0 aliphatic rings. The number of aromatic nitrogens is 1. The number of nitrogens with one attached hydrogen (secondary N) is 1. The molecular weight excluding hydrogens is 286 g/mol. The van der Waals surface area contributed by atoms with E-state index < -0.39 is 0 Å². The van der Waals surface area contributed by atoms with E-state index in [0.29, 0.717) is 22.0 Å². The summed E-state index contributed by atoms with van der Waals surface area (Å²) in [5.41, 5.74) is 1.14. The van der Waals surface area contributed by atoms with Gasteiger partial charge in [0, 0.05) is 18.0 Å². The average molecular weight is 299 g/mol. The summed E-state index contributed by atoms with van der Waals surface area (Å²) >= 11 is 1.23. The van der Waals surface area contributed by atoms with E-state index in [-0.39, 0.29) is 11.7 Å². The molecule has 0 radical (unpaired) electrons. The fourth-order valence-corrected chi connectivity index (χ4v) is 2.37. The number of nitriles is 1. The summed E-state index contributed by atoms with van der Waals surface area (Å²) in [6, 6.07) is 12.5. The van der Waals surface area contributed by atoms with Gasteiger partial charge in [-0.25, -0.2) is 4.98 Å². The summed E-state index contributed by atoms with van der Waals surface area (Å²) in [6.07, 6.45) is 1.60. The molecule has 0 unspecified atom stereocenters. The second-order valence-corrected chi connectivity index (χ2v) is 5.00. The molecule has 0 saturated carbocycles. The van der Waals surface area contributed by atoms with Crippen LogP contribution >= 0.6 is 11.8 Å². The largest absolute Gasteiger partial charge is 0.497 e. The molecular formula is C15H13N3O2S. The monoisotopic (exact) mass is 299 g/mol. The van der Waals surface area contributed by atoms with E-state index in [4.69, 9.17) is 10.00 Å². The van der Waals surface area contributed by atoms with Crippen LogP contribution in [0.1, 0.15) is 5.56 Å². The predicted octanol–water partition coefficient (Wildman–Crippen LogP) is 2.69. The fourth-order valence-electron chi connectivity index (χ4n) is 1.62. The number of hydrogen-bond acceptors (Lipinski definition) is 5. The molecule has 0 spiro atoms. The number of carbonyl (C=O) groups excluding carboxylic acids is 1. The maximum absolute atomic E-state index is 11.9. The van der Waals surface area contributed by atoms with E-state index >= 15 is 0 Å². The zero-order valence-corrected chi connectivity index (χ0v) is 12.2. The zero-order valence-electron chi connectivity index (χ0n) is 11.4. The van der Waals surface area contributed by atoms with Gasteiger partial charge in [0.1, 0.15) is 16.8 Å². The van der Waals surface area contributed by atoms with E-state index in [2.05, 4.69) is 16.4 Å². The molecule has 1 amide bonds. The molecule has 0 atom stereocenters. The number of methoxy groups -OCH3 is 1. The summed E-state index contributed by atoms with van der Waals surface area (Å²) in [6.45, 7) is 0. The van der Waals surface area contributed by atoms with Crippen LogP contribution in [0.15, 0.2) is 47.6 Å². The number of carbonyl (C=O) groups is 1. The third kappa shape index (κ3) is 4.23. The van der Waals surface area contributed by atoms with Crippen molar-refractivity contribution in [1.82, 2.24) is 4.98 Å². The Morgan fingerprint density at radius 3 is 3.05 bits per heavy atom. The number of nitrogens with zero attached hydrogens (tertiary/aromatic N) is 2. The molecule has 0 fully saturated rings. The number of pyridine rings is 1. The molecule has 0 bridgehead atoms. The summed E-state index contributed by atoms with van der Waals surface area (Å²) in [4.78, 5) is 16.0. The molecule has 2 rings (SSSR count). The summed E-state index contributed by atoms with van der Waals surface area (Å²) in [5, 5.41) is 12.3. The molecule has 106 valence electrons. The number of anilines is 1. The number of thioether (sulfide) groups is 1. The van der Waals surface area contributed by atoms with Crippen LogP contribution in [0.4, 0.5) is 5.69 Å². The number of amides is 1. The van der Waals surface area contributed by atoms with Crippen molar-refractivity contribution >= 4 is 23.4 Å². The SMILES string of the molecule is COc1cccc(NC(=O)CSc2ncccc2C#N)c1. The quantitative estimate of drug-likeness (QED) is 0.859. The minimum Gasteiger partial charge on any atom is -0.497 e. The van der Waals surface area contributed by atoms with Crippen LogP contribution in [0.3, 0.4) is 0 Å². The van der Waals surface area contributed by atoms with E-state index in [1.165, 1.54) is 11.8 Å². The maximum Gasteiger partial charge on any atom is 0.234 e. The predicted molar refractivity (Wildman–Crippen MR) is 81.3 cm³/mol. The van der Waals surface area contributed by atoms with Gasteiger partial charge in [0.2, 0.25) is 5.91 Å². The first-order valence-electron chi connectivity index (χ1n) is 6.14. The lowest BCUT2D eigenvalue weighted by atomic mass is 10.3. The highest BCUT2D eigenvalue weighted by Crippen LogP contribution is 2.20. The Bertz CT molecular complexity index is 683. The van der Waals surface area contributed by atoms with Crippen LogP contribution in [0.5, 0.6) is 5.75 Å². The molecule has 1 heterocycles. The number of ether oxygens (including phenoxy) is 1. The second kappa shape index (κ2) is 7.31.